The van der Waals surface area contributed by atoms with Crippen molar-refractivity contribution in [2.45, 2.75) is 29.9 Å². The predicted octanol–water partition coefficient (Wildman–Crippen LogP) is 2.39. The molecule has 0 amide bonds. The fraction of sp³-hybridized carbons (Fsp3) is 0.350. The Labute approximate surface area is 172 Å². The number of methoxy groups -OCH3 is 1. The second-order valence-electron chi connectivity index (χ2n) is 7.37. The average molecular weight is 437 g/mol. The molecule has 2 aliphatic rings. The molecule has 0 bridgehead atoms. The summed E-state index contributed by atoms with van der Waals surface area (Å²) in [7, 11) is -3.03. The van der Waals surface area contributed by atoms with Crippen LogP contribution in [0.1, 0.15) is 35.3 Å². The molecule has 4 rings (SSSR count). The number of anilines is 1. The quantitative estimate of drug-likeness (QED) is 0.569. The van der Waals surface area contributed by atoms with Crippen molar-refractivity contribution in [2.75, 3.05) is 18.4 Å². The second kappa shape index (κ2) is 7.53. The summed E-state index contributed by atoms with van der Waals surface area (Å²) in [6.45, 7) is 0.470. The van der Waals surface area contributed by atoms with Crippen molar-refractivity contribution in [2.24, 2.45) is 5.92 Å². The molecular weight excluding hydrogens is 417 g/mol. The molecule has 0 saturated heterocycles. The van der Waals surface area contributed by atoms with Crippen LogP contribution in [0.4, 0.5) is 10.1 Å². The van der Waals surface area contributed by atoms with E-state index in [-0.39, 0.29) is 21.7 Å². The fourth-order valence-electron chi connectivity index (χ4n) is 3.84. The maximum absolute atomic E-state index is 13.6. The first-order valence-corrected chi connectivity index (χ1v) is 10.7. The van der Waals surface area contributed by atoms with Crippen molar-refractivity contribution < 1.29 is 37.3 Å². The van der Waals surface area contributed by atoms with Gasteiger partial charge in [-0.15, -0.1) is 0 Å². The number of fused-ring (bicyclic) bond motifs is 3. The lowest BCUT2D eigenvalue weighted by molar-refractivity contribution is -0.136. The Kier molecular flexibility index (Phi) is 5.16. The molecule has 10 heteroatoms. The van der Waals surface area contributed by atoms with Gasteiger partial charge in [-0.2, -0.15) is 0 Å². The van der Waals surface area contributed by atoms with Crippen molar-refractivity contribution in [1.82, 2.24) is 0 Å². The highest BCUT2D eigenvalue weighted by Crippen LogP contribution is 2.56. The highest BCUT2D eigenvalue weighted by Gasteiger charge is 2.45. The summed E-state index contributed by atoms with van der Waals surface area (Å²) >= 11 is 0. The number of aliphatic hydroxyl groups excluding tert-OH is 1. The molecule has 160 valence electrons. The van der Waals surface area contributed by atoms with Crippen LogP contribution < -0.4 is 9.46 Å². The number of halogens is 1. The molecule has 1 aliphatic heterocycles. The monoisotopic (exact) mass is 437 g/mol. The molecule has 1 aliphatic carbocycles. The number of hydrogen-bond acceptors (Lipinski definition) is 6. The summed E-state index contributed by atoms with van der Waals surface area (Å²) in [6, 6.07) is 6.07. The maximum Gasteiger partial charge on any atom is 0.307 e. The van der Waals surface area contributed by atoms with Gasteiger partial charge in [0.15, 0.2) is 6.29 Å². The van der Waals surface area contributed by atoms with Crippen LogP contribution >= 0.6 is 0 Å². The van der Waals surface area contributed by atoms with E-state index in [1.165, 1.54) is 13.2 Å². The van der Waals surface area contributed by atoms with Gasteiger partial charge in [-0.3, -0.25) is 9.52 Å². The number of nitrogens with one attached hydrogen (secondary N) is 1. The zero-order chi connectivity index (χ0) is 21.6. The van der Waals surface area contributed by atoms with Gasteiger partial charge in [-0.1, -0.05) is 6.07 Å². The minimum atomic E-state index is -4.30. The molecule has 2 aromatic carbocycles. The minimum absolute atomic E-state index is 0.0350. The number of sulfonamides is 1. The zero-order valence-corrected chi connectivity index (χ0v) is 16.8. The Morgan fingerprint density at radius 1 is 1.37 bits per heavy atom. The lowest BCUT2D eigenvalue weighted by Gasteiger charge is -2.25. The molecule has 3 unspecified atom stereocenters. The van der Waals surface area contributed by atoms with Crippen molar-refractivity contribution in [3.05, 3.63) is 52.8 Å². The molecule has 3 atom stereocenters. The van der Waals surface area contributed by atoms with E-state index in [2.05, 4.69) is 4.72 Å². The number of carboxylic acids is 1. The highest BCUT2D eigenvalue weighted by atomic mass is 32.2. The molecule has 1 saturated carbocycles. The van der Waals surface area contributed by atoms with Crippen LogP contribution in [0.2, 0.25) is 0 Å². The van der Waals surface area contributed by atoms with Gasteiger partial charge in [0, 0.05) is 13.0 Å². The number of aliphatic carboxylic acids is 1. The number of carbonyl (C=O) groups is 1. The molecule has 0 radical (unpaired) electrons. The predicted molar refractivity (Wildman–Crippen MR) is 103 cm³/mol. The molecule has 3 N–H and O–H groups in total. The van der Waals surface area contributed by atoms with E-state index >= 15 is 0 Å². The van der Waals surface area contributed by atoms with Crippen LogP contribution in [-0.4, -0.2) is 38.3 Å². The molecule has 1 heterocycles. The third kappa shape index (κ3) is 3.73. The van der Waals surface area contributed by atoms with Gasteiger partial charge >= 0.3 is 5.97 Å². The summed E-state index contributed by atoms with van der Waals surface area (Å²) in [5, 5.41) is 19.4. The van der Waals surface area contributed by atoms with Crippen LogP contribution in [0, 0.1) is 11.7 Å². The number of benzene rings is 2. The van der Waals surface area contributed by atoms with Crippen molar-refractivity contribution in [3.8, 4) is 5.75 Å². The Morgan fingerprint density at radius 2 is 2.13 bits per heavy atom. The Balaban J connectivity index is 1.76. The molecule has 1 fully saturated rings. The molecular formula is C20H20FNO7S. The number of hydrogen-bond donors (Lipinski definition) is 3. The standard InChI is InChI=1S/C20H20FNO7S/c1-28-20(25)18-15(4-3-13-14-7-11(14)9-29-19(13)18)22-30(26,27)16-5-2-12(21)6-10(16)8-17(23)24/h2-6,11,14,20,22,25H,7-9H2,1H3,(H,23,24). The van der Waals surface area contributed by atoms with E-state index in [1.807, 2.05) is 0 Å². The Hall–Kier alpha value is -2.69. The van der Waals surface area contributed by atoms with Crippen molar-refractivity contribution in [3.63, 3.8) is 0 Å². The second-order valence-corrected chi connectivity index (χ2v) is 9.03. The average Bonchev–Trinajstić information content (AvgIpc) is 3.46. The SMILES string of the molecule is COC(O)c1c(NS(=O)(=O)c2ccc(F)cc2CC(=O)O)ccc2c1OCC1CC21. The van der Waals surface area contributed by atoms with Crippen LogP contribution in [-0.2, 0) is 26.0 Å². The molecule has 30 heavy (non-hydrogen) atoms. The first kappa shape index (κ1) is 20.6. The summed E-state index contributed by atoms with van der Waals surface area (Å²) in [5.74, 6) is -0.935. The first-order chi connectivity index (χ1) is 14.2. The normalized spacial score (nSPS) is 20.5. The van der Waals surface area contributed by atoms with E-state index in [0.29, 0.717) is 24.2 Å². The number of ether oxygens (including phenoxy) is 2. The van der Waals surface area contributed by atoms with Crippen LogP contribution in [0.3, 0.4) is 0 Å². The maximum atomic E-state index is 13.6. The van der Waals surface area contributed by atoms with Gasteiger partial charge in [0.25, 0.3) is 10.0 Å². The third-order valence-electron chi connectivity index (χ3n) is 5.36. The van der Waals surface area contributed by atoms with Crippen molar-refractivity contribution in [1.29, 1.82) is 0 Å². The summed E-state index contributed by atoms with van der Waals surface area (Å²) < 4.78 is 52.8. The lowest BCUT2D eigenvalue weighted by Crippen LogP contribution is -2.20. The van der Waals surface area contributed by atoms with Crippen LogP contribution in [0.5, 0.6) is 5.75 Å². The zero-order valence-electron chi connectivity index (χ0n) is 16.0. The Morgan fingerprint density at radius 3 is 2.83 bits per heavy atom. The lowest BCUT2D eigenvalue weighted by atomic mass is 10.00. The van der Waals surface area contributed by atoms with Gasteiger partial charge in [0.1, 0.15) is 11.6 Å². The van der Waals surface area contributed by atoms with Gasteiger partial charge in [0.05, 0.1) is 29.2 Å². The molecule has 8 nitrogen and oxygen atoms in total. The smallest absolute Gasteiger partial charge is 0.307 e. The summed E-state index contributed by atoms with van der Waals surface area (Å²) in [4.78, 5) is 10.7. The first-order valence-electron chi connectivity index (χ1n) is 9.24. The van der Waals surface area contributed by atoms with Gasteiger partial charge in [-0.25, -0.2) is 12.8 Å². The van der Waals surface area contributed by atoms with Crippen LogP contribution in [0.15, 0.2) is 35.2 Å². The largest absolute Gasteiger partial charge is 0.492 e. The van der Waals surface area contributed by atoms with Gasteiger partial charge < -0.3 is 19.7 Å². The Bertz CT molecular complexity index is 1120. The summed E-state index contributed by atoms with van der Waals surface area (Å²) in [5.41, 5.74) is 0.867. The van der Waals surface area contributed by atoms with E-state index in [9.17, 15) is 22.7 Å². The van der Waals surface area contributed by atoms with Crippen molar-refractivity contribution >= 4 is 21.7 Å². The molecule has 0 aromatic heterocycles. The fourth-order valence-corrected chi connectivity index (χ4v) is 5.14. The topological polar surface area (TPSA) is 122 Å². The number of carboxylic acid groups (broad SMARTS) is 1. The number of aliphatic hydroxyl groups is 1. The molecule has 2 aromatic rings. The minimum Gasteiger partial charge on any atom is -0.492 e. The highest BCUT2D eigenvalue weighted by molar-refractivity contribution is 7.92. The third-order valence-corrected chi connectivity index (χ3v) is 6.82. The van der Waals surface area contributed by atoms with Crippen LogP contribution in [0.25, 0.3) is 0 Å². The van der Waals surface area contributed by atoms with E-state index in [0.717, 1.165) is 30.2 Å². The van der Waals surface area contributed by atoms with E-state index in [1.54, 1.807) is 6.07 Å². The molecule has 0 spiro atoms. The van der Waals surface area contributed by atoms with Gasteiger partial charge in [-0.05, 0) is 47.7 Å². The van der Waals surface area contributed by atoms with Gasteiger partial charge in [0.2, 0.25) is 0 Å². The van der Waals surface area contributed by atoms with E-state index < -0.39 is 34.5 Å². The van der Waals surface area contributed by atoms with E-state index in [4.69, 9.17) is 14.6 Å². The summed E-state index contributed by atoms with van der Waals surface area (Å²) in [6.07, 6.45) is -1.15. The number of rotatable bonds is 7.